The van der Waals surface area contributed by atoms with Crippen molar-refractivity contribution in [1.82, 2.24) is 9.97 Å². The van der Waals surface area contributed by atoms with Gasteiger partial charge in [0.25, 0.3) is 0 Å². The third kappa shape index (κ3) is 2.08. The van der Waals surface area contributed by atoms with Crippen LogP contribution in [-0.2, 0) is 0 Å². The van der Waals surface area contributed by atoms with Crippen molar-refractivity contribution in [1.29, 1.82) is 0 Å². The Kier molecular flexibility index (Phi) is 3.66. The van der Waals surface area contributed by atoms with E-state index in [-0.39, 0.29) is 5.37 Å². The first-order valence-electron chi connectivity index (χ1n) is 8.10. The van der Waals surface area contributed by atoms with Crippen LogP contribution in [0.1, 0.15) is 57.1 Å². The molecule has 3 heterocycles. The summed E-state index contributed by atoms with van der Waals surface area (Å²) in [5, 5.41) is 0.225. The summed E-state index contributed by atoms with van der Waals surface area (Å²) in [4.78, 5) is 15.0. The molecule has 0 fully saturated rings. The highest BCUT2D eigenvalue weighted by atomic mass is 32.2. The van der Waals surface area contributed by atoms with Crippen LogP contribution in [0, 0.1) is 0 Å². The topological polar surface area (TPSA) is 76.2 Å². The maximum Gasteiger partial charge on any atom is 0.157 e. The standard InChI is InChI=1S/C16H21N5S/c1-2-3-7-11-9-5-4-6-10(9)12-13-14(22-16(12)20-11)15(21-17)19-8-18-13/h8,12,16H,2-7,17H2,1H3,(H,18,19,21)/t12-,16-/m1/s1. The van der Waals surface area contributed by atoms with Gasteiger partial charge < -0.3 is 5.43 Å². The summed E-state index contributed by atoms with van der Waals surface area (Å²) in [5.74, 6) is 6.67. The van der Waals surface area contributed by atoms with E-state index in [1.165, 1.54) is 43.4 Å². The van der Waals surface area contributed by atoms with E-state index >= 15 is 0 Å². The molecule has 1 aromatic heterocycles. The van der Waals surface area contributed by atoms with E-state index in [0.717, 1.165) is 22.8 Å². The van der Waals surface area contributed by atoms with Crippen LogP contribution >= 0.6 is 11.8 Å². The van der Waals surface area contributed by atoms with Gasteiger partial charge in [-0.25, -0.2) is 15.8 Å². The molecule has 4 rings (SSSR count). The molecule has 0 amide bonds. The number of aliphatic imine (C=N–C) groups is 1. The summed E-state index contributed by atoms with van der Waals surface area (Å²) in [6, 6.07) is 0. The monoisotopic (exact) mass is 315 g/mol. The van der Waals surface area contributed by atoms with Crippen molar-refractivity contribution in [2.75, 3.05) is 5.43 Å². The third-order valence-corrected chi connectivity index (χ3v) is 6.08. The zero-order chi connectivity index (χ0) is 15.1. The molecule has 1 aromatic rings. The molecule has 1 aliphatic carbocycles. The molecule has 3 N–H and O–H groups in total. The maximum atomic E-state index is 5.61. The number of unbranched alkanes of at least 4 members (excludes halogenated alkanes) is 1. The van der Waals surface area contributed by atoms with E-state index in [1.54, 1.807) is 23.7 Å². The maximum absolute atomic E-state index is 5.61. The minimum absolute atomic E-state index is 0.225. The van der Waals surface area contributed by atoms with Crippen molar-refractivity contribution in [3.8, 4) is 0 Å². The molecule has 0 radical (unpaired) electrons. The Morgan fingerprint density at radius 3 is 3.09 bits per heavy atom. The van der Waals surface area contributed by atoms with E-state index in [4.69, 9.17) is 10.8 Å². The number of hydrogen-bond donors (Lipinski definition) is 2. The first-order valence-corrected chi connectivity index (χ1v) is 8.98. The van der Waals surface area contributed by atoms with Crippen molar-refractivity contribution >= 4 is 23.3 Å². The Bertz CT molecular complexity index is 667. The third-order valence-electron chi connectivity index (χ3n) is 4.82. The second-order valence-corrected chi connectivity index (χ2v) is 7.23. The second kappa shape index (κ2) is 5.66. The Morgan fingerprint density at radius 1 is 1.36 bits per heavy atom. The number of nitrogens with one attached hydrogen (secondary N) is 1. The number of nitrogens with zero attached hydrogens (tertiary/aromatic N) is 3. The molecule has 2 atom stereocenters. The summed E-state index contributed by atoms with van der Waals surface area (Å²) in [5.41, 5.74) is 8.29. The number of allylic oxidation sites excluding steroid dienone is 1. The molecule has 2 aliphatic heterocycles. The summed E-state index contributed by atoms with van der Waals surface area (Å²) in [6.45, 7) is 2.24. The van der Waals surface area contributed by atoms with Crippen LogP contribution in [0.3, 0.4) is 0 Å². The van der Waals surface area contributed by atoms with Crippen LogP contribution in [0.5, 0.6) is 0 Å². The number of hydrogen-bond acceptors (Lipinski definition) is 6. The number of anilines is 1. The van der Waals surface area contributed by atoms with Crippen LogP contribution < -0.4 is 11.3 Å². The number of thioether (sulfide) groups is 1. The minimum Gasteiger partial charge on any atom is -0.307 e. The average Bonchev–Trinajstić information content (AvgIpc) is 3.15. The molecule has 0 aromatic carbocycles. The Morgan fingerprint density at radius 2 is 2.27 bits per heavy atom. The van der Waals surface area contributed by atoms with E-state index < -0.39 is 0 Å². The van der Waals surface area contributed by atoms with Crippen molar-refractivity contribution in [3.63, 3.8) is 0 Å². The second-order valence-electron chi connectivity index (χ2n) is 6.10. The van der Waals surface area contributed by atoms with Crippen LogP contribution in [0.15, 0.2) is 27.4 Å². The van der Waals surface area contributed by atoms with Crippen molar-refractivity contribution < 1.29 is 0 Å². The molecule has 0 bridgehead atoms. The molecule has 3 aliphatic rings. The first-order chi connectivity index (χ1) is 10.8. The highest BCUT2D eigenvalue weighted by molar-refractivity contribution is 8.00. The van der Waals surface area contributed by atoms with Gasteiger partial charge in [0, 0.05) is 5.71 Å². The van der Waals surface area contributed by atoms with Crippen molar-refractivity contribution in [2.45, 2.75) is 61.6 Å². The van der Waals surface area contributed by atoms with Gasteiger partial charge in [-0.05, 0) is 37.7 Å². The Labute approximate surface area is 134 Å². The Hall–Kier alpha value is -1.40. The van der Waals surface area contributed by atoms with Gasteiger partial charge in [0.2, 0.25) is 0 Å². The van der Waals surface area contributed by atoms with E-state index in [9.17, 15) is 0 Å². The Balaban J connectivity index is 1.76. The SMILES string of the molecule is CCCCC1=N[C@@H]2Sc3c(NN)ncnc3[C@H]2C2=C1CCC2. The lowest BCUT2D eigenvalue weighted by Crippen LogP contribution is -2.21. The number of nitrogens with two attached hydrogens (primary N) is 1. The van der Waals surface area contributed by atoms with Gasteiger partial charge >= 0.3 is 0 Å². The molecule has 0 unspecified atom stereocenters. The number of nitrogen functional groups attached to an aromatic ring is 1. The van der Waals surface area contributed by atoms with Crippen molar-refractivity contribution in [2.24, 2.45) is 10.8 Å². The number of dihydropyridines is 1. The summed E-state index contributed by atoms with van der Waals surface area (Å²) < 4.78 is 0. The largest absolute Gasteiger partial charge is 0.307 e. The molecule has 116 valence electrons. The van der Waals surface area contributed by atoms with Gasteiger partial charge in [-0.3, -0.25) is 4.99 Å². The average molecular weight is 315 g/mol. The van der Waals surface area contributed by atoms with E-state index in [2.05, 4.69) is 22.3 Å². The number of rotatable bonds is 4. The molecule has 6 heteroatoms. The molecule has 22 heavy (non-hydrogen) atoms. The highest BCUT2D eigenvalue weighted by Crippen LogP contribution is 2.55. The molecular formula is C16H21N5S. The van der Waals surface area contributed by atoms with Crippen LogP contribution in [0.2, 0.25) is 0 Å². The smallest absolute Gasteiger partial charge is 0.157 e. The minimum atomic E-state index is 0.225. The highest BCUT2D eigenvalue weighted by Gasteiger charge is 2.43. The predicted molar refractivity (Wildman–Crippen MR) is 90.1 cm³/mol. The molecular weight excluding hydrogens is 294 g/mol. The van der Waals surface area contributed by atoms with Gasteiger partial charge in [-0.1, -0.05) is 30.7 Å². The predicted octanol–water partition coefficient (Wildman–Crippen LogP) is 3.40. The summed E-state index contributed by atoms with van der Waals surface area (Å²) in [7, 11) is 0. The van der Waals surface area contributed by atoms with E-state index in [0.29, 0.717) is 5.92 Å². The van der Waals surface area contributed by atoms with Crippen LogP contribution in [0.25, 0.3) is 0 Å². The first kappa shape index (κ1) is 14.2. The fourth-order valence-electron chi connectivity index (χ4n) is 3.82. The van der Waals surface area contributed by atoms with Gasteiger partial charge in [-0.2, -0.15) is 0 Å². The summed E-state index contributed by atoms with van der Waals surface area (Å²) in [6.07, 6.45) is 8.80. The normalized spacial score (nSPS) is 25.6. The molecule has 0 spiro atoms. The molecule has 0 saturated carbocycles. The van der Waals surface area contributed by atoms with E-state index in [1.807, 2.05) is 0 Å². The van der Waals surface area contributed by atoms with Crippen LogP contribution in [-0.4, -0.2) is 21.1 Å². The molecule has 0 saturated heterocycles. The molecule has 5 nitrogen and oxygen atoms in total. The van der Waals surface area contributed by atoms with Crippen LogP contribution in [0.4, 0.5) is 5.82 Å². The van der Waals surface area contributed by atoms with Gasteiger partial charge in [0.05, 0.1) is 16.5 Å². The lowest BCUT2D eigenvalue weighted by molar-refractivity contribution is 0.694. The number of aromatic nitrogens is 2. The lowest BCUT2D eigenvalue weighted by Gasteiger charge is -2.26. The zero-order valence-electron chi connectivity index (χ0n) is 12.8. The lowest BCUT2D eigenvalue weighted by atomic mass is 9.87. The number of hydrazine groups is 1. The summed E-state index contributed by atoms with van der Waals surface area (Å²) >= 11 is 1.77. The number of fused-ring (bicyclic) bond motifs is 4. The fourth-order valence-corrected chi connectivity index (χ4v) is 5.20. The fraction of sp³-hybridized carbons (Fsp3) is 0.562. The van der Waals surface area contributed by atoms with Gasteiger partial charge in [0.1, 0.15) is 11.7 Å². The van der Waals surface area contributed by atoms with Crippen molar-refractivity contribution in [3.05, 3.63) is 23.2 Å². The van der Waals surface area contributed by atoms with Gasteiger partial charge in [-0.15, -0.1) is 0 Å². The zero-order valence-corrected chi connectivity index (χ0v) is 13.6. The quantitative estimate of drug-likeness (QED) is 0.658. The van der Waals surface area contributed by atoms with Gasteiger partial charge in [0.15, 0.2) is 5.82 Å².